The fourth-order valence-electron chi connectivity index (χ4n) is 2.18. The van der Waals surface area contributed by atoms with Crippen molar-refractivity contribution in [3.63, 3.8) is 0 Å². The molecule has 8 nitrogen and oxygen atoms in total. The van der Waals surface area contributed by atoms with Gasteiger partial charge in [0, 0.05) is 22.3 Å². The second kappa shape index (κ2) is 8.56. The molecular weight excluding hydrogens is 394 g/mol. The monoisotopic (exact) mass is 408 g/mol. The first-order chi connectivity index (χ1) is 12.5. The van der Waals surface area contributed by atoms with E-state index >= 15 is 0 Å². The van der Waals surface area contributed by atoms with Gasteiger partial charge in [0.05, 0.1) is 35.7 Å². The predicted molar refractivity (Wildman–Crippen MR) is 98.3 cm³/mol. The first-order valence-corrected chi connectivity index (χ1v) is 10.3. The molecule has 0 aromatic carbocycles. The van der Waals surface area contributed by atoms with Crippen molar-refractivity contribution in [2.75, 3.05) is 0 Å². The van der Waals surface area contributed by atoms with Crippen molar-refractivity contribution >= 4 is 39.8 Å². The standard InChI is InChI=1S/C15H15N5O3S3/c1-9-16-4-11(25-9)5-19-15(21)13-7-17-12(6-18-13)14(20-26(22)23)10-2-3-24-8-10/h2-4,6-8,14,20H,5H2,1H3,(H,19,21)(H,22,23)/p-1. The number of thiophene rings is 1. The molecule has 0 fully saturated rings. The summed E-state index contributed by atoms with van der Waals surface area (Å²) in [6.07, 6.45) is 4.44. The van der Waals surface area contributed by atoms with E-state index in [4.69, 9.17) is 0 Å². The molecule has 0 aliphatic heterocycles. The second-order valence-electron chi connectivity index (χ2n) is 5.20. The summed E-state index contributed by atoms with van der Waals surface area (Å²) in [5.74, 6) is -0.359. The van der Waals surface area contributed by atoms with Crippen LogP contribution in [-0.2, 0) is 17.8 Å². The van der Waals surface area contributed by atoms with Crippen molar-refractivity contribution in [3.05, 3.63) is 62.3 Å². The number of aryl methyl sites for hydroxylation is 1. The Hall–Kier alpha value is -2.05. The van der Waals surface area contributed by atoms with Crippen LogP contribution in [0.25, 0.3) is 0 Å². The Morgan fingerprint density at radius 3 is 2.73 bits per heavy atom. The topological polar surface area (TPSA) is 120 Å². The van der Waals surface area contributed by atoms with Crippen LogP contribution in [0.3, 0.4) is 0 Å². The van der Waals surface area contributed by atoms with Crippen molar-refractivity contribution in [3.8, 4) is 0 Å². The molecule has 2 N–H and O–H groups in total. The molecule has 2 unspecified atom stereocenters. The summed E-state index contributed by atoms with van der Waals surface area (Å²) in [7, 11) is 0. The molecule has 136 valence electrons. The van der Waals surface area contributed by atoms with E-state index in [1.165, 1.54) is 35.1 Å². The molecule has 2 atom stereocenters. The zero-order chi connectivity index (χ0) is 18.5. The lowest BCUT2D eigenvalue weighted by Crippen LogP contribution is -2.26. The minimum atomic E-state index is -2.46. The SMILES string of the molecule is Cc1ncc(CNC(=O)c2cnc(C(NS(=O)[O-])c3ccsc3)cn2)s1. The van der Waals surface area contributed by atoms with Crippen LogP contribution >= 0.6 is 22.7 Å². The number of carbonyl (C=O) groups excluding carboxylic acids is 1. The largest absolute Gasteiger partial charge is 0.760 e. The Morgan fingerprint density at radius 2 is 2.15 bits per heavy atom. The average Bonchev–Trinajstić information content (AvgIpc) is 3.29. The fraction of sp³-hybridized carbons (Fsp3) is 0.200. The molecule has 3 aromatic heterocycles. The van der Waals surface area contributed by atoms with Gasteiger partial charge in [-0.1, -0.05) is 0 Å². The maximum atomic E-state index is 12.2. The van der Waals surface area contributed by atoms with Crippen LogP contribution in [0, 0.1) is 6.92 Å². The van der Waals surface area contributed by atoms with E-state index in [1.54, 1.807) is 12.3 Å². The van der Waals surface area contributed by atoms with Crippen LogP contribution in [0.1, 0.15) is 37.7 Å². The predicted octanol–water partition coefficient (Wildman–Crippen LogP) is 1.71. The van der Waals surface area contributed by atoms with E-state index in [-0.39, 0.29) is 11.6 Å². The lowest BCUT2D eigenvalue weighted by atomic mass is 10.1. The van der Waals surface area contributed by atoms with E-state index in [0.29, 0.717) is 12.2 Å². The third kappa shape index (κ3) is 4.77. The number of nitrogens with one attached hydrogen (secondary N) is 2. The molecular formula is C15H14N5O3S3-. The molecule has 0 aliphatic carbocycles. The van der Waals surface area contributed by atoms with Gasteiger partial charge in [-0.05, 0) is 29.3 Å². The smallest absolute Gasteiger partial charge is 0.271 e. The van der Waals surface area contributed by atoms with Crippen LogP contribution in [0.5, 0.6) is 0 Å². The minimum Gasteiger partial charge on any atom is -0.760 e. The van der Waals surface area contributed by atoms with Gasteiger partial charge in [0.25, 0.3) is 5.91 Å². The average molecular weight is 409 g/mol. The number of amides is 1. The highest BCUT2D eigenvalue weighted by Crippen LogP contribution is 2.22. The van der Waals surface area contributed by atoms with E-state index in [9.17, 15) is 13.6 Å². The van der Waals surface area contributed by atoms with E-state index in [0.717, 1.165) is 15.4 Å². The molecule has 0 aliphatic rings. The number of hydrogen-bond acceptors (Lipinski definition) is 8. The zero-order valence-electron chi connectivity index (χ0n) is 13.5. The first kappa shape index (κ1) is 18.7. The molecule has 0 saturated heterocycles. The molecule has 1 amide bonds. The van der Waals surface area contributed by atoms with Crippen LogP contribution in [0.15, 0.2) is 35.4 Å². The quantitative estimate of drug-likeness (QED) is 0.574. The lowest BCUT2D eigenvalue weighted by molar-refractivity contribution is 0.0946. The van der Waals surface area contributed by atoms with Crippen molar-refractivity contribution in [1.29, 1.82) is 0 Å². The third-order valence-corrected chi connectivity index (χ3v) is 5.43. The lowest BCUT2D eigenvalue weighted by Gasteiger charge is -2.18. The summed E-state index contributed by atoms with van der Waals surface area (Å²) in [6.45, 7) is 2.26. The van der Waals surface area contributed by atoms with Gasteiger partial charge >= 0.3 is 0 Å². The number of carbonyl (C=O) groups is 1. The summed E-state index contributed by atoms with van der Waals surface area (Å²) in [4.78, 5) is 25.6. The van der Waals surface area contributed by atoms with Crippen LogP contribution < -0.4 is 10.0 Å². The minimum absolute atomic E-state index is 0.155. The van der Waals surface area contributed by atoms with Gasteiger partial charge in [-0.25, -0.2) is 14.7 Å². The molecule has 0 saturated carbocycles. The second-order valence-corrected chi connectivity index (χ2v) is 8.00. The molecule has 3 heterocycles. The highest BCUT2D eigenvalue weighted by molar-refractivity contribution is 7.77. The highest BCUT2D eigenvalue weighted by atomic mass is 32.2. The van der Waals surface area contributed by atoms with Crippen molar-refractivity contribution in [2.24, 2.45) is 0 Å². The van der Waals surface area contributed by atoms with E-state index in [2.05, 4.69) is 25.0 Å². The first-order valence-electron chi connectivity index (χ1n) is 7.42. The van der Waals surface area contributed by atoms with Crippen LogP contribution in [0.2, 0.25) is 0 Å². The zero-order valence-corrected chi connectivity index (χ0v) is 16.0. The normalized spacial score (nSPS) is 13.3. The van der Waals surface area contributed by atoms with Gasteiger partial charge < -0.3 is 9.87 Å². The van der Waals surface area contributed by atoms with Gasteiger partial charge in [-0.3, -0.25) is 14.0 Å². The van der Waals surface area contributed by atoms with E-state index in [1.807, 2.05) is 17.7 Å². The Kier molecular flexibility index (Phi) is 6.16. The van der Waals surface area contributed by atoms with Crippen LogP contribution in [-0.4, -0.2) is 29.6 Å². The van der Waals surface area contributed by atoms with Gasteiger partial charge in [0.15, 0.2) is 0 Å². The Labute approximate surface area is 160 Å². The number of nitrogens with zero attached hydrogens (tertiary/aromatic N) is 3. The molecule has 3 aromatic rings. The number of thiazole rings is 1. The van der Waals surface area contributed by atoms with Crippen molar-refractivity contribution in [2.45, 2.75) is 19.5 Å². The highest BCUT2D eigenvalue weighted by Gasteiger charge is 2.17. The number of aromatic nitrogens is 3. The molecule has 26 heavy (non-hydrogen) atoms. The van der Waals surface area contributed by atoms with Crippen molar-refractivity contribution < 1.29 is 13.6 Å². The number of rotatable bonds is 7. The van der Waals surface area contributed by atoms with Crippen LogP contribution in [0.4, 0.5) is 0 Å². The van der Waals surface area contributed by atoms with Gasteiger partial charge in [-0.15, -0.1) is 11.3 Å². The fourth-order valence-corrected chi connectivity index (χ4v) is 4.05. The van der Waals surface area contributed by atoms with Gasteiger partial charge in [-0.2, -0.15) is 11.3 Å². The summed E-state index contributed by atoms with van der Waals surface area (Å²) in [5.41, 5.74) is 1.32. The van der Waals surface area contributed by atoms with Gasteiger partial charge in [0.2, 0.25) is 0 Å². The maximum Gasteiger partial charge on any atom is 0.271 e. The molecule has 3 rings (SSSR count). The number of hydrogen-bond donors (Lipinski definition) is 2. The Balaban J connectivity index is 1.70. The molecule has 0 spiro atoms. The third-order valence-electron chi connectivity index (χ3n) is 3.38. The van der Waals surface area contributed by atoms with Crippen molar-refractivity contribution in [1.82, 2.24) is 25.0 Å². The summed E-state index contributed by atoms with van der Waals surface area (Å²) < 4.78 is 24.5. The summed E-state index contributed by atoms with van der Waals surface area (Å²) >= 11 is 0.490. The van der Waals surface area contributed by atoms with Gasteiger partial charge in [0.1, 0.15) is 5.69 Å². The summed E-state index contributed by atoms with van der Waals surface area (Å²) in [6, 6.07) is 1.15. The molecule has 0 radical (unpaired) electrons. The van der Waals surface area contributed by atoms with E-state index < -0.39 is 17.3 Å². The Bertz CT molecular complexity index is 896. The summed E-state index contributed by atoms with van der Waals surface area (Å²) in [5, 5.41) is 7.35. The molecule has 0 bridgehead atoms. The Morgan fingerprint density at radius 1 is 1.31 bits per heavy atom. The molecule has 11 heteroatoms. The maximum absolute atomic E-state index is 12.2.